The van der Waals surface area contributed by atoms with Crippen LogP contribution in [0, 0.1) is 0 Å². The van der Waals surface area contributed by atoms with Gasteiger partial charge in [0.15, 0.2) is 0 Å². The predicted molar refractivity (Wildman–Crippen MR) is 34.0 cm³/mol. The molecule has 0 unspecified atom stereocenters. The van der Waals surface area contributed by atoms with Crippen LogP contribution in [0.2, 0.25) is 0 Å². The summed E-state index contributed by atoms with van der Waals surface area (Å²) in [6, 6.07) is 0. The third-order valence-corrected chi connectivity index (χ3v) is 0.882. The van der Waals surface area contributed by atoms with Gasteiger partial charge in [0, 0.05) is 0 Å². The third-order valence-electron chi connectivity index (χ3n) is 0.882. The molecule has 0 amide bonds. The van der Waals surface area contributed by atoms with Crippen LogP contribution in [0.4, 0.5) is 0 Å². The van der Waals surface area contributed by atoms with Crippen molar-refractivity contribution in [3.05, 3.63) is 5.32 Å². The Labute approximate surface area is 64.9 Å². The van der Waals surface area contributed by atoms with E-state index in [9.17, 15) is 0 Å². The Morgan fingerprint density at radius 2 is 1.50 bits per heavy atom. The van der Waals surface area contributed by atoms with Gasteiger partial charge in [-0.05, 0) is 0 Å². The third kappa shape index (κ3) is 7.07. The summed E-state index contributed by atoms with van der Waals surface area (Å²) in [5, 5.41) is 4.08. The molecule has 0 aliphatic carbocycles. The average molecular weight is 193 g/mol. The molecule has 0 atom stereocenters. The zero-order valence-electron chi connectivity index (χ0n) is 4.44. The van der Waals surface area contributed by atoms with Crippen molar-refractivity contribution in [2.45, 2.75) is 12.8 Å². The molecule has 49 valence electrons. The van der Waals surface area contributed by atoms with E-state index in [2.05, 4.69) is 5.32 Å². The first-order valence-electron chi connectivity index (χ1n) is 2.44. The van der Waals surface area contributed by atoms with E-state index < -0.39 is 0 Å². The van der Waals surface area contributed by atoms with Crippen molar-refractivity contribution in [1.29, 1.82) is 0 Å². The first-order valence-corrected chi connectivity index (χ1v) is 5.95. The Morgan fingerprint density at radius 3 is 1.62 bits per heavy atom. The van der Waals surface area contributed by atoms with E-state index in [0.29, 0.717) is 0 Å². The van der Waals surface area contributed by atoms with Gasteiger partial charge in [0.2, 0.25) is 0 Å². The van der Waals surface area contributed by atoms with Gasteiger partial charge in [0.1, 0.15) is 0 Å². The number of rotatable bonds is 0. The van der Waals surface area contributed by atoms with Gasteiger partial charge < -0.3 is 5.32 Å². The van der Waals surface area contributed by atoms with Crippen LogP contribution in [-0.4, -0.2) is 13.1 Å². The number of nitrogens with zero attached hydrogens (tertiary/aromatic N) is 1. The second-order valence-corrected chi connectivity index (χ2v) is 3.54. The van der Waals surface area contributed by atoms with E-state index in [1.807, 2.05) is 0 Å². The molecule has 4 heteroatoms. The van der Waals surface area contributed by atoms with Gasteiger partial charge in [0.25, 0.3) is 0 Å². The molecular weight excluding hydrogens is 185 g/mol. The molecule has 0 aromatic carbocycles. The second kappa shape index (κ2) is 8.07. The van der Waals surface area contributed by atoms with Crippen LogP contribution in [0.1, 0.15) is 12.8 Å². The average Bonchev–Trinajstić information content (AvgIpc) is 2.17. The van der Waals surface area contributed by atoms with Crippen LogP contribution < -0.4 is 0 Å². The molecule has 1 nitrogen and oxygen atoms in total. The molecule has 0 radical (unpaired) electrons. The number of halogens is 2. The molecule has 1 aliphatic heterocycles. The van der Waals surface area contributed by atoms with Crippen LogP contribution in [0.15, 0.2) is 0 Å². The fourth-order valence-electron chi connectivity index (χ4n) is 0.559. The normalized spacial score (nSPS) is 16.8. The topological polar surface area (TPSA) is 14.1 Å². The molecule has 1 heterocycles. The molecular formula is C4H8Cl2CrN. The van der Waals surface area contributed by atoms with Crippen molar-refractivity contribution in [3.63, 3.8) is 0 Å². The molecule has 0 aromatic rings. The van der Waals surface area contributed by atoms with E-state index in [4.69, 9.17) is 20.1 Å². The quantitative estimate of drug-likeness (QED) is 0.561. The van der Waals surface area contributed by atoms with Crippen LogP contribution in [0.3, 0.4) is 0 Å². The van der Waals surface area contributed by atoms with Crippen molar-refractivity contribution in [3.8, 4) is 0 Å². The summed E-state index contributed by atoms with van der Waals surface area (Å²) in [5.41, 5.74) is 0. The van der Waals surface area contributed by atoms with Crippen molar-refractivity contribution >= 4 is 20.1 Å². The second-order valence-electron chi connectivity index (χ2n) is 1.44. The molecule has 0 aromatic heterocycles. The fourth-order valence-corrected chi connectivity index (χ4v) is 0.559. The predicted octanol–water partition coefficient (Wildman–Crippen LogP) is 2.53. The number of hydrogen-bond acceptors (Lipinski definition) is 0. The molecule has 0 bridgehead atoms. The minimum atomic E-state index is -0.181. The van der Waals surface area contributed by atoms with Gasteiger partial charge in [0.05, 0.1) is 0 Å². The molecule has 1 fully saturated rings. The van der Waals surface area contributed by atoms with Crippen LogP contribution in [0.5, 0.6) is 0 Å². The van der Waals surface area contributed by atoms with Crippen molar-refractivity contribution < 1.29 is 13.4 Å². The monoisotopic (exact) mass is 192 g/mol. The molecule has 1 rings (SSSR count). The Kier molecular flexibility index (Phi) is 9.15. The molecule has 8 heavy (non-hydrogen) atoms. The summed E-state index contributed by atoms with van der Waals surface area (Å²) >= 11 is -0.181. The summed E-state index contributed by atoms with van der Waals surface area (Å²) < 4.78 is 0. The Morgan fingerprint density at radius 1 is 1.12 bits per heavy atom. The maximum atomic E-state index is 4.83. The summed E-state index contributed by atoms with van der Waals surface area (Å²) in [6.07, 6.45) is 2.67. The Bertz CT molecular complexity index is 33.4. The SMILES string of the molecule is C1CC[N-]C1.[Cl][Cr+][Cl]. The van der Waals surface area contributed by atoms with E-state index in [0.717, 1.165) is 13.1 Å². The van der Waals surface area contributed by atoms with Crippen molar-refractivity contribution in [2.75, 3.05) is 13.1 Å². The summed E-state index contributed by atoms with van der Waals surface area (Å²) in [6.45, 7) is 2.25. The Balaban J connectivity index is 0.000000145. The van der Waals surface area contributed by atoms with Gasteiger partial charge >= 0.3 is 33.5 Å². The summed E-state index contributed by atoms with van der Waals surface area (Å²) in [5.74, 6) is 0. The molecule has 0 N–H and O–H groups in total. The van der Waals surface area contributed by atoms with Gasteiger partial charge in [-0.25, -0.2) is 0 Å². The van der Waals surface area contributed by atoms with Crippen molar-refractivity contribution in [1.82, 2.24) is 0 Å². The van der Waals surface area contributed by atoms with Crippen molar-refractivity contribution in [2.24, 2.45) is 0 Å². The first kappa shape index (κ1) is 9.07. The van der Waals surface area contributed by atoms with E-state index in [1.54, 1.807) is 0 Å². The van der Waals surface area contributed by atoms with Crippen LogP contribution >= 0.6 is 20.1 Å². The van der Waals surface area contributed by atoms with E-state index >= 15 is 0 Å². The zero-order chi connectivity index (χ0) is 6.24. The minimum absolute atomic E-state index is 0.181. The van der Waals surface area contributed by atoms with Gasteiger partial charge in [-0.15, -0.1) is 13.1 Å². The molecule has 0 spiro atoms. The van der Waals surface area contributed by atoms with Crippen LogP contribution in [-0.2, 0) is 13.4 Å². The molecule has 1 aliphatic rings. The maximum absolute atomic E-state index is 4.83. The van der Waals surface area contributed by atoms with Gasteiger partial charge in [-0.1, -0.05) is 12.8 Å². The fraction of sp³-hybridized carbons (Fsp3) is 1.00. The zero-order valence-corrected chi connectivity index (χ0v) is 7.23. The number of hydrogen-bond donors (Lipinski definition) is 0. The van der Waals surface area contributed by atoms with Gasteiger partial charge in [-0.3, -0.25) is 0 Å². The summed E-state index contributed by atoms with van der Waals surface area (Å²) in [7, 11) is 9.65. The Hall–Kier alpha value is 1.07. The van der Waals surface area contributed by atoms with E-state index in [-0.39, 0.29) is 13.4 Å². The van der Waals surface area contributed by atoms with E-state index in [1.165, 1.54) is 12.8 Å². The summed E-state index contributed by atoms with van der Waals surface area (Å²) in [4.78, 5) is 0. The molecule has 0 saturated carbocycles. The van der Waals surface area contributed by atoms with Crippen LogP contribution in [0.25, 0.3) is 5.32 Å². The first-order chi connectivity index (χ1) is 3.91. The standard InChI is InChI=1S/C4H8N.2ClH.Cr/c1-2-4-5-3-1;;;/h1-4H2;2*1H;/q-1;;;+3/p-2. The van der Waals surface area contributed by atoms with Gasteiger partial charge in [-0.2, -0.15) is 0 Å². The molecule has 1 saturated heterocycles.